The van der Waals surface area contributed by atoms with E-state index in [1.54, 1.807) is 4.90 Å². The summed E-state index contributed by atoms with van der Waals surface area (Å²) < 4.78 is 0. The van der Waals surface area contributed by atoms with E-state index in [2.05, 4.69) is 6.92 Å². The Balaban J connectivity index is 2.00. The van der Waals surface area contributed by atoms with Crippen molar-refractivity contribution in [2.75, 3.05) is 18.8 Å². The number of carbonyl (C=O) groups excluding carboxylic acids is 1. The molecular weight excluding hydrogens is 286 g/mol. The topological polar surface area (TPSA) is 57.6 Å². The van der Waals surface area contributed by atoms with E-state index in [0.717, 1.165) is 17.9 Å². The van der Waals surface area contributed by atoms with Crippen LogP contribution in [-0.2, 0) is 10.5 Å². The molecule has 1 amide bonds. The van der Waals surface area contributed by atoms with Gasteiger partial charge in [0.15, 0.2) is 0 Å². The van der Waals surface area contributed by atoms with Gasteiger partial charge < -0.3 is 10.0 Å². The molecule has 0 saturated carbocycles. The number of carboxylic acids is 1. The second kappa shape index (κ2) is 7.50. The highest BCUT2D eigenvalue weighted by Gasteiger charge is 2.28. The van der Waals surface area contributed by atoms with Gasteiger partial charge in [-0.2, -0.15) is 11.8 Å². The van der Waals surface area contributed by atoms with Gasteiger partial charge in [0.2, 0.25) is 0 Å². The highest BCUT2D eigenvalue weighted by atomic mass is 32.2. The molecule has 0 radical (unpaired) electrons. The molecule has 0 bridgehead atoms. The van der Waals surface area contributed by atoms with E-state index >= 15 is 0 Å². The lowest BCUT2D eigenvalue weighted by atomic mass is 9.97. The number of rotatable bonds is 5. The molecule has 0 spiro atoms. The summed E-state index contributed by atoms with van der Waals surface area (Å²) in [6.07, 6.45) is 1.42. The Labute approximate surface area is 129 Å². The highest BCUT2D eigenvalue weighted by Crippen LogP contribution is 2.19. The second-order valence-corrected chi connectivity index (χ2v) is 6.54. The minimum atomic E-state index is -0.806. The Morgan fingerprint density at radius 1 is 1.33 bits per heavy atom. The van der Waals surface area contributed by atoms with Gasteiger partial charge in [-0.05, 0) is 36.3 Å². The van der Waals surface area contributed by atoms with Crippen molar-refractivity contribution < 1.29 is 14.7 Å². The summed E-state index contributed by atoms with van der Waals surface area (Å²) in [6, 6.07) is 7.65. The largest absolute Gasteiger partial charge is 0.481 e. The van der Waals surface area contributed by atoms with E-state index in [-0.39, 0.29) is 5.91 Å². The maximum atomic E-state index is 12.4. The minimum Gasteiger partial charge on any atom is -0.481 e. The molecule has 114 valence electrons. The second-order valence-electron chi connectivity index (χ2n) is 5.26. The lowest BCUT2D eigenvalue weighted by Crippen LogP contribution is -2.42. The van der Waals surface area contributed by atoms with Gasteiger partial charge in [-0.1, -0.05) is 19.1 Å². The van der Waals surface area contributed by atoms with Crippen LogP contribution in [0.1, 0.15) is 35.7 Å². The van der Waals surface area contributed by atoms with Crippen LogP contribution in [0, 0.1) is 5.92 Å². The Hall–Kier alpha value is -1.49. The molecule has 1 aromatic rings. The van der Waals surface area contributed by atoms with Crippen molar-refractivity contribution in [3.63, 3.8) is 0 Å². The number of nitrogens with zero attached hydrogens (tertiary/aromatic N) is 1. The van der Waals surface area contributed by atoms with Crippen LogP contribution in [0.4, 0.5) is 0 Å². The lowest BCUT2D eigenvalue weighted by molar-refractivity contribution is -0.143. The summed E-state index contributed by atoms with van der Waals surface area (Å²) in [5, 5.41) is 9.09. The van der Waals surface area contributed by atoms with Crippen LogP contribution in [0.2, 0.25) is 0 Å². The van der Waals surface area contributed by atoms with Crippen LogP contribution in [0.15, 0.2) is 24.3 Å². The number of aliphatic carboxylic acids is 1. The first-order valence-electron chi connectivity index (χ1n) is 7.30. The van der Waals surface area contributed by atoms with Crippen molar-refractivity contribution >= 4 is 23.6 Å². The van der Waals surface area contributed by atoms with Crippen LogP contribution < -0.4 is 0 Å². The molecule has 0 unspecified atom stereocenters. The van der Waals surface area contributed by atoms with Gasteiger partial charge in [-0.3, -0.25) is 9.59 Å². The Kier molecular flexibility index (Phi) is 5.67. The molecule has 21 heavy (non-hydrogen) atoms. The summed E-state index contributed by atoms with van der Waals surface area (Å²) in [4.78, 5) is 25.1. The molecule has 0 aliphatic carbocycles. The summed E-state index contributed by atoms with van der Waals surface area (Å²) in [5.41, 5.74) is 1.85. The van der Waals surface area contributed by atoms with Crippen LogP contribution >= 0.6 is 11.8 Å². The first-order valence-corrected chi connectivity index (χ1v) is 8.46. The zero-order valence-corrected chi connectivity index (χ0v) is 13.1. The predicted octanol–water partition coefficient (Wildman–Crippen LogP) is 2.88. The summed E-state index contributed by atoms with van der Waals surface area (Å²) in [7, 11) is 0. The predicted molar refractivity (Wildman–Crippen MR) is 84.5 cm³/mol. The molecule has 1 saturated heterocycles. The van der Waals surface area contributed by atoms with Crippen LogP contribution in [-0.4, -0.2) is 40.7 Å². The number of amides is 1. The number of carboxylic acid groups (broad SMARTS) is 1. The lowest BCUT2D eigenvalue weighted by Gasteiger charge is -2.30. The number of piperidine rings is 1. The normalized spacial score (nSPS) is 18.5. The fourth-order valence-electron chi connectivity index (χ4n) is 2.51. The molecule has 2 rings (SSSR count). The third kappa shape index (κ3) is 4.24. The maximum absolute atomic E-state index is 12.4. The molecule has 1 aliphatic heterocycles. The molecule has 5 heteroatoms. The number of benzene rings is 1. The van der Waals surface area contributed by atoms with Gasteiger partial charge in [0.25, 0.3) is 5.91 Å². The van der Waals surface area contributed by atoms with Crippen molar-refractivity contribution in [2.24, 2.45) is 5.92 Å². The summed E-state index contributed by atoms with van der Waals surface area (Å²) in [6.45, 7) is 3.09. The first kappa shape index (κ1) is 15.9. The zero-order chi connectivity index (χ0) is 15.2. The van der Waals surface area contributed by atoms with Crippen molar-refractivity contribution in [3.8, 4) is 0 Å². The number of carbonyl (C=O) groups is 2. The van der Waals surface area contributed by atoms with Gasteiger partial charge in [-0.15, -0.1) is 0 Å². The van der Waals surface area contributed by atoms with Crippen LogP contribution in [0.5, 0.6) is 0 Å². The Bertz CT molecular complexity index is 501. The fraction of sp³-hybridized carbons (Fsp3) is 0.500. The molecule has 1 atom stereocenters. The summed E-state index contributed by atoms with van der Waals surface area (Å²) >= 11 is 1.85. The standard InChI is InChI=1S/C16H21NO3S/c1-2-21-11-12-5-7-13(8-6-12)15(18)17-9-3-4-14(10-17)16(19)20/h5-8,14H,2-4,9-11H2,1H3,(H,19,20)/t14-/m0/s1. The van der Waals surface area contributed by atoms with E-state index in [1.807, 2.05) is 36.0 Å². The van der Waals surface area contributed by atoms with Crippen molar-refractivity contribution in [2.45, 2.75) is 25.5 Å². The molecule has 1 heterocycles. The van der Waals surface area contributed by atoms with Gasteiger partial charge in [-0.25, -0.2) is 0 Å². The monoisotopic (exact) mass is 307 g/mol. The average Bonchev–Trinajstić information content (AvgIpc) is 2.53. The molecule has 1 N–H and O–H groups in total. The number of likely N-dealkylation sites (tertiary alicyclic amines) is 1. The summed E-state index contributed by atoms with van der Waals surface area (Å²) in [5.74, 6) is 0.735. The number of hydrogen-bond acceptors (Lipinski definition) is 3. The third-order valence-corrected chi connectivity index (χ3v) is 4.68. The van der Waals surface area contributed by atoms with Gasteiger partial charge in [0.1, 0.15) is 0 Å². The van der Waals surface area contributed by atoms with Gasteiger partial charge >= 0.3 is 5.97 Å². The van der Waals surface area contributed by atoms with Crippen molar-refractivity contribution in [1.82, 2.24) is 4.90 Å². The molecular formula is C16H21NO3S. The molecule has 1 fully saturated rings. The van der Waals surface area contributed by atoms with Gasteiger partial charge in [0.05, 0.1) is 5.92 Å². The minimum absolute atomic E-state index is 0.0596. The van der Waals surface area contributed by atoms with E-state index < -0.39 is 11.9 Å². The molecule has 4 nitrogen and oxygen atoms in total. The molecule has 0 aromatic heterocycles. The van der Waals surface area contributed by atoms with Crippen molar-refractivity contribution in [1.29, 1.82) is 0 Å². The third-order valence-electron chi connectivity index (χ3n) is 3.73. The maximum Gasteiger partial charge on any atom is 0.308 e. The van der Waals surface area contributed by atoms with Crippen LogP contribution in [0.25, 0.3) is 0 Å². The highest BCUT2D eigenvalue weighted by molar-refractivity contribution is 7.98. The molecule has 1 aliphatic rings. The zero-order valence-electron chi connectivity index (χ0n) is 12.2. The van der Waals surface area contributed by atoms with E-state index in [9.17, 15) is 9.59 Å². The van der Waals surface area contributed by atoms with Crippen molar-refractivity contribution in [3.05, 3.63) is 35.4 Å². The first-order chi connectivity index (χ1) is 10.1. The molecule has 1 aromatic carbocycles. The number of thioether (sulfide) groups is 1. The number of hydrogen-bond donors (Lipinski definition) is 1. The van der Waals surface area contributed by atoms with E-state index in [0.29, 0.717) is 25.1 Å². The fourth-order valence-corrected chi connectivity index (χ4v) is 3.14. The van der Waals surface area contributed by atoms with Gasteiger partial charge in [0, 0.05) is 24.4 Å². The van der Waals surface area contributed by atoms with E-state index in [4.69, 9.17) is 5.11 Å². The quantitative estimate of drug-likeness (QED) is 0.909. The average molecular weight is 307 g/mol. The Morgan fingerprint density at radius 2 is 2.05 bits per heavy atom. The SMILES string of the molecule is CCSCc1ccc(C(=O)N2CCC[C@H](C(=O)O)C2)cc1. The smallest absolute Gasteiger partial charge is 0.308 e. The van der Waals surface area contributed by atoms with Crippen LogP contribution in [0.3, 0.4) is 0 Å². The van der Waals surface area contributed by atoms with E-state index in [1.165, 1.54) is 5.56 Å². The Morgan fingerprint density at radius 3 is 2.67 bits per heavy atom.